The average Bonchev–Trinajstić information content (AvgIpc) is 2.92. The number of carbonyl (C=O) groups is 2. The van der Waals surface area contributed by atoms with E-state index in [1.54, 1.807) is 6.07 Å². The number of hydrogen-bond donors (Lipinski definition) is 3. The van der Waals surface area contributed by atoms with Crippen molar-refractivity contribution in [1.82, 2.24) is 5.32 Å². The molecule has 5 nitrogen and oxygen atoms in total. The molecule has 2 unspecified atom stereocenters. The third kappa shape index (κ3) is 3.22. The van der Waals surface area contributed by atoms with Gasteiger partial charge in [0.15, 0.2) is 0 Å². The van der Waals surface area contributed by atoms with Crippen molar-refractivity contribution in [2.24, 2.45) is 5.92 Å². The molecule has 0 bridgehead atoms. The molecule has 0 aliphatic heterocycles. The highest BCUT2D eigenvalue weighted by atomic mass is 79.9. The van der Waals surface area contributed by atoms with Crippen LogP contribution in [0.1, 0.15) is 23.7 Å². The fourth-order valence-electron chi connectivity index (χ4n) is 1.64. The summed E-state index contributed by atoms with van der Waals surface area (Å²) in [6.45, 7) is 2.06. The van der Waals surface area contributed by atoms with Crippen LogP contribution in [0.15, 0.2) is 22.7 Å². The Hall–Kier alpha value is -1.56. The van der Waals surface area contributed by atoms with Gasteiger partial charge in [-0.3, -0.25) is 0 Å². The lowest BCUT2D eigenvalue weighted by molar-refractivity contribution is 0.0697. The molecule has 0 heterocycles. The summed E-state index contributed by atoms with van der Waals surface area (Å²) in [5, 5.41) is 14.3. The third-order valence-corrected chi connectivity index (χ3v) is 3.29. The number of carbonyl (C=O) groups excluding carboxylic acids is 1. The molecular weight excluding hydrogens is 300 g/mol. The third-order valence-electron chi connectivity index (χ3n) is 2.83. The Morgan fingerprint density at radius 1 is 1.39 bits per heavy atom. The minimum Gasteiger partial charge on any atom is -0.478 e. The molecule has 1 aliphatic rings. The predicted molar refractivity (Wildman–Crippen MR) is 70.8 cm³/mol. The van der Waals surface area contributed by atoms with Gasteiger partial charge >= 0.3 is 12.0 Å². The van der Waals surface area contributed by atoms with Gasteiger partial charge in [-0.15, -0.1) is 0 Å². The van der Waals surface area contributed by atoms with E-state index in [4.69, 9.17) is 5.11 Å². The van der Waals surface area contributed by atoms with Crippen molar-refractivity contribution in [1.29, 1.82) is 0 Å². The zero-order chi connectivity index (χ0) is 13.3. The van der Waals surface area contributed by atoms with Crippen LogP contribution in [0.3, 0.4) is 0 Å². The quantitative estimate of drug-likeness (QED) is 0.803. The maximum Gasteiger partial charge on any atom is 0.335 e. The van der Waals surface area contributed by atoms with Gasteiger partial charge in [-0.1, -0.05) is 22.9 Å². The van der Waals surface area contributed by atoms with Crippen molar-refractivity contribution >= 4 is 33.6 Å². The molecule has 1 saturated carbocycles. The van der Waals surface area contributed by atoms with Gasteiger partial charge in [-0.25, -0.2) is 9.59 Å². The van der Waals surface area contributed by atoms with Crippen LogP contribution in [0.2, 0.25) is 0 Å². The van der Waals surface area contributed by atoms with Gasteiger partial charge in [0, 0.05) is 16.2 Å². The van der Waals surface area contributed by atoms with Crippen LogP contribution >= 0.6 is 15.9 Å². The largest absolute Gasteiger partial charge is 0.478 e. The zero-order valence-corrected chi connectivity index (χ0v) is 11.3. The van der Waals surface area contributed by atoms with Gasteiger partial charge in [-0.2, -0.15) is 0 Å². The number of carboxylic acids is 1. The highest BCUT2D eigenvalue weighted by molar-refractivity contribution is 9.10. The molecule has 2 amide bonds. The summed E-state index contributed by atoms with van der Waals surface area (Å²) in [5.41, 5.74) is 0.576. The standard InChI is InChI=1S/C12H13BrN2O3/c1-6-2-10(6)15-12(18)14-9-4-7(11(16)17)3-8(13)5-9/h3-6,10H,2H2,1H3,(H,16,17)(H2,14,15,18). The van der Waals surface area contributed by atoms with E-state index >= 15 is 0 Å². The average molecular weight is 313 g/mol. The summed E-state index contributed by atoms with van der Waals surface area (Å²) in [7, 11) is 0. The minimum atomic E-state index is -1.03. The lowest BCUT2D eigenvalue weighted by Gasteiger charge is -2.08. The van der Waals surface area contributed by atoms with Crippen molar-refractivity contribution in [2.75, 3.05) is 5.32 Å². The molecule has 0 aromatic heterocycles. The first-order valence-corrected chi connectivity index (χ1v) is 6.36. The second-order valence-electron chi connectivity index (χ2n) is 4.45. The summed E-state index contributed by atoms with van der Waals surface area (Å²) in [4.78, 5) is 22.5. The highest BCUT2D eigenvalue weighted by Crippen LogP contribution is 2.29. The number of rotatable bonds is 3. The first-order chi connectivity index (χ1) is 8.45. The lowest BCUT2D eigenvalue weighted by atomic mass is 10.2. The molecule has 0 radical (unpaired) electrons. The fraction of sp³-hybridized carbons (Fsp3) is 0.333. The number of halogens is 1. The molecular formula is C12H13BrN2O3. The number of benzene rings is 1. The van der Waals surface area contributed by atoms with Gasteiger partial charge in [0.05, 0.1) is 5.56 Å². The van der Waals surface area contributed by atoms with E-state index in [0.29, 0.717) is 16.1 Å². The highest BCUT2D eigenvalue weighted by Gasteiger charge is 2.33. The molecule has 1 fully saturated rings. The molecule has 1 aromatic carbocycles. The van der Waals surface area contributed by atoms with Crippen molar-refractivity contribution in [2.45, 2.75) is 19.4 Å². The maximum absolute atomic E-state index is 11.6. The number of urea groups is 1. The number of anilines is 1. The molecule has 0 saturated heterocycles. The van der Waals surface area contributed by atoms with E-state index in [9.17, 15) is 9.59 Å². The SMILES string of the molecule is CC1CC1NC(=O)Nc1cc(Br)cc(C(=O)O)c1. The van der Waals surface area contributed by atoms with Gasteiger partial charge in [0.25, 0.3) is 0 Å². The summed E-state index contributed by atoms with van der Waals surface area (Å²) in [6.07, 6.45) is 0.992. The number of amides is 2. The van der Waals surface area contributed by atoms with Gasteiger partial charge in [-0.05, 0) is 30.5 Å². The molecule has 2 rings (SSSR count). The fourth-order valence-corrected chi connectivity index (χ4v) is 2.14. The first-order valence-electron chi connectivity index (χ1n) is 5.57. The second kappa shape index (κ2) is 4.97. The number of hydrogen-bond acceptors (Lipinski definition) is 2. The Bertz CT molecular complexity index is 504. The molecule has 96 valence electrons. The molecule has 1 aliphatic carbocycles. The van der Waals surface area contributed by atoms with E-state index in [-0.39, 0.29) is 17.6 Å². The van der Waals surface area contributed by atoms with E-state index in [0.717, 1.165) is 6.42 Å². The topological polar surface area (TPSA) is 78.4 Å². The molecule has 0 spiro atoms. The van der Waals surface area contributed by atoms with Crippen LogP contribution in [-0.4, -0.2) is 23.1 Å². The van der Waals surface area contributed by atoms with Gasteiger partial charge in [0.1, 0.15) is 0 Å². The van der Waals surface area contributed by atoms with Crippen LogP contribution < -0.4 is 10.6 Å². The summed E-state index contributed by atoms with van der Waals surface area (Å²) >= 11 is 3.21. The predicted octanol–water partition coefficient (Wildman–Crippen LogP) is 2.68. The van der Waals surface area contributed by atoms with Crippen molar-refractivity contribution in [3.63, 3.8) is 0 Å². The van der Waals surface area contributed by atoms with E-state index < -0.39 is 5.97 Å². The van der Waals surface area contributed by atoms with Crippen molar-refractivity contribution < 1.29 is 14.7 Å². The van der Waals surface area contributed by atoms with E-state index in [1.807, 2.05) is 0 Å². The van der Waals surface area contributed by atoms with Crippen LogP contribution in [0, 0.1) is 5.92 Å². The van der Waals surface area contributed by atoms with Gasteiger partial charge < -0.3 is 15.7 Å². The monoisotopic (exact) mass is 312 g/mol. The van der Waals surface area contributed by atoms with Crippen LogP contribution in [0.4, 0.5) is 10.5 Å². The van der Waals surface area contributed by atoms with Crippen molar-refractivity contribution in [3.8, 4) is 0 Å². The summed E-state index contributed by atoms with van der Waals surface area (Å²) in [6, 6.07) is 4.48. The molecule has 18 heavy (non-hydrogen) atoms. The van der Waals surface area contributed by atoms with Crippen LogP contribution in [-0.2, 0) is 0 Å². The Morgan fingerprint density at radius 3 is 2.61 bits per heavy atom. The van der Waals surface area contributed by atoms with E-state index in [2.05, 4.69) is 33.5 Å². The molecule has 6 heteroatoms. The van der Waals surface area contributed by atoms with E-state index in [1.165, 1.54) is 12.1 Å². The Labute approximate surface area is 113 Å². The lowest BCUT2D eigenvalue weighted by Crippen LogP contribution is -2.31. The summed E-state index contributed by atoms with van der Waals surface area (Å²) < 4.78 is 0.609. The van der Waals surface area contributed by atoms with Gasteiger partial charge in [0.2, 0.25) is 0 Å². The molecule has 1 aromatic rings. The Kier molecular flexibility index (Phi) is 3.56. The van der Waals surface area contributed by atoms with Crippen LogP contribution in [0.25, 0.3) is 0 Å². The maximum atomic E-state index is 11.6. The number of aromatic carboxylic acids is 1. The first kappa shape index (κ1) is 12.9. The van der Waals surface area contributed by atoms with Crippen molar-refractivity contribution in [3.05, 3.63) is 28.2 Å². The normalized spacial score (nSPS) is 21.2. The Morgan fingerprint density at radius 2 is 2.06 bits per heavy atom. The smallest absolute Gasteiger partial charge is 0.335 e. The molecule has 2 atom stereocenters. The zero-order valence-electron chi connectivity index (χ0n) is 9.74. The number of nitrogens with one attached hydrogen (secondary N) is 2. The second-order valence-corrected chi connectivity index (χ2v) is 5.37. The molecule has 3 N–H and O–H groups in total. The Balaban J connectivity index is 2.04. The van der Waals surface area contributed by atoms with Crippen LogP contribution in [0.5, 0.6) is 0 Å². The number of carboxylic acid groups (broad SMARTS) is 1. The summed E-state index contributed by atoms with van der Waals surface area (Å²) in [5.74, 6) is -0.511. The minimum absolute atomic E-state index is 0.125.